The number of carbonyl (C=O) groups is 1. The smallest absolute Gasteiger partial charge is 0.252 e. The van der Waals surface area contributed by atoms with Crippen LogP contribution in [0.1, 0.15) is 48.9 Å². The largest absolute Gasteiger partial charge is 0.352 e. The summed E-state index contributed by atoms with van der Waals surface area (Å²) < 4.78 is 25.9. The van der Waals surface area contributed by atoms with Gasteiger partial charge >= 0.3 is 0 Å². The van der Waals surface area contributed by atoms with Gasteiger partial charge in [-0.1, -0.05) is 24.4 Å². The summed E-state index contributed by atoms with van der Waals surface area (Å²) in [7, 11) is -3.30. The predicted molar refractivity (Wildman–Crippen MR) is 96.1 cm³/mol. The van der Waals surface area contributed by atoms with Gasteiger partial charge in [0.25, 0.3) is 5.91 Å². The second-order valence-electron chi connectivity index (χ2n) is 6.62. The third kappa shape index (κ3) is 3.86. The summed E-state index contributed by atoms with van der Waals surface area (Å²) in [4.78, 5) is 12.5. The van der Waals surface area contributed by atoms with Crippen molar-refractivity contribution in [2.45, 2.75) is 38.5 Å². The number of nitrogens with zero attached hydrogens (tertiary/aromatic N) is 1. The lowest BCUT2D eigenvalue weighted by molar-refractivity contribution is 0.0947. The Kier molecular flexibility index (Phi) is 5.35. The van der Waals surface area contributed by atoms with Crippen LogP contribution >= 0.6 is 11.6 Å². The first-order valence-corrected chi connectivity index (χ1v) is 10.5. The highest BCUT2D eigenvalue weighted by Gasteiger charge is 2.27. The maximum atomic E-state index is 12.5. The van der Waals surface area contributed by atoms with Gasteiger partial charge in [-0.15, -0.1) is 0 Å². The number of anilines is 1. The van der Waals surface area contributed by atoms with Crippen LogP contribution in [0.4, 0.5) is 5.69 Å². The molecule has 3 rings (SSSR count). The molecule has 7 heteroatoms. The Morgan fingerprint density at radius 3 is 2.67 bits per heavy atom. The molecular formula is C17H23ClN2O3S. The molecule has 1 aromatic rings. The number of amides is 1. The molecule has 1 N–H and O–H groups in total. The van der Waals surface area contributed by atoms with Crippen LogP contribution in [0.5, 0.6) is 0 Å². The van der Waals surface area contributed by atoms with Crippen molar-refractivity contribution >= 4 is 33.2 Å². The lowest BCUT2D eigenvalue weighted by atomic mass is 10.1. The number of benzene rings is 1. The van der Waals surface area contributed by atoms with E-state index in [1.165, 1.54) is 17.1 Å². The molecule has 0 spiro atoms. The van der Waals surface area contributed by atoms with Crippen molar-refractivity contribution in [1.29, 1.82) is 0 Å². The van der Waals surface area contributed by atoms with E-state index in [-0.39, 0.29) is 11.7 Å². The molecule has 0 aromatic heterocycles. The molecular weight excluding hydrogens is 348 g/mol. The molecule has 0 bridgehead atoms. The van der Waals surface area contributed by atoms with Crippen LogP contribution in [-0.4, -0.2) is 33.2 Å². The molecule has 1 aliphatic heterocycles. The summed E-state index contributed by atoms with van der Waals surface area (Å²) in [6.07, 6.45) is 6.26. The van der Waals surface area contributed by atoms with Gasteiger partial charge in [-0.2, -0.15) is 0 Å². The van der Waals surface area contributed by atoms with Crippen LogP contribution in [0.25, 0.3) is 0 Å². The Morgan fingerprint density at radius 2 is 1.96 bits per heavy atom. The van der Waals surface area contributed by atoms with Crippen LogP contribution < -0.4 is 9.62 Å². The van der Waals surface area contributed by atoms with Crippen LogP contribution in [-0.2, 0) is 10.0 Å². The molecule has 1 saturated carbocycles. The standard InChI is InChI=1S/C17H23ClN2O3S/c18-16-8-7-14(20-9-3-4-10-24(20,22)23)11-15(16)17(21)19-12-13-5-1-2-6-13/h7-8,11,13H,1-6,9-10,12H2,(H,19,21). The fourth-order valence-corrected chi connectivity index (χ4v) is 5.30. The Hall–Kier alpha value is -1.27. The van der Waals surface area contributed by atoms with Crippen molar-refractivity contribution in [2.75, 3.05) is 23.1 Å². The topological polar surface area (TPSA) is 66.5 Å². The van der Waals surface area contributed by atoms with Gasteiger partial charge in [-0.25, -0.2) is 8.42 Å². The number of halogens is 1. The van der Waals surface area contributed by atoms with Gasteiger partial charge in [0.05, 0.1) is 22.0 Å². The summed E-state index contributed by atoms with van der Waals surface area (Å²) in [5.41, 5.74) is 0.859. The maximum absolute atomic E-state index is 12.5. The minimum absolute atomic E-state index is 0.152. The minimum atomic E-state index is -3.30. The van der Waals surface area contributed by atoms with Crippen LogP contribution in [0.15, 0.2) is 18.2 Å². The zero-order chi connectivity index (χ0) is 17.2. The van der Waals surface area contributed by atoms with Crippen molar-refractivity contribution in [3.8, 4) is 0 Å². The Balaban J connectivity index is 1.76. The van der Waals surface area contributed by atoms with Crippen molar-refractivity contribution in [1.82, 2.24) is 5.32 Å². The van der Waals surface area contributed by atoms with E-state index >= 15 is 0 Å². The lowest BCUT2D eigenvalue weighted by Crippen LogP contribution is -2.38. The molecule has 0 radical (unpaired) electrons. The van der Waals surface area contributed by atoms with Gasteiger partial charge in [0.1, 0.15) is 0 Å². The van der Waals surface area contributed by atoms with E-state index < -0.39 is 10.0 Å². The molecule has 2 aliphatic rings. The second kappa shape index (κ2) is 7.31. The molecule has 1 saturated heterocycles. The van der Waals surface area contributed by atoms with Crippen molar-refractivity contribution in [3.05, 3.63) is 28.8 Å². The van der Waals surface area contributed by atoms with Crippen LogP contribution in [0.2, 0.25) is 5.02 Å². The molecule has 2 fully saturated rings. The van der Waals surface area contributed by atoms with Gasteiger partial charge in [0, 0.05) is 13.1 Å². The quantitative estimate of drug-likeness (QED) is 0.885. The average molecular weight is 371 g/mol. The molecule has 1 heterocycles. The molecule has 0 unspecified atom stereocenters. The van der Waals surface area contributed by atoms with Crippen molar-refractivity contribution < 1.29 is 13.2 Å². The summed E-state index contributed by atoms with van der Waals surface area (Å²) in [5, 5.41) is 3.29. The zero-order valence-corrected chi connectivity index (χ0v) is 15.2. The Bertz CT molecular complexity index is 715. The number of carbonyl (C=O) groups excluding carboxylic acids is 1. The highest BCUT2D eigenvalue weighted by molar-refractivity contribution is 7.92. The minimum Gasteiger partial charge on any atom is -0.352 e. The molecule has 132 valence electrons. The first kappa shape index (κ1) is 17.5. The normalized spacial score (nSPS) is 21.0. The lowest BCUT2D eigenvalue weighted by Gasteiger charge is -2.28. The number of rotatable bonds is 4. The van der Waals surface area contributed by atoms with Gasteiger partial charge in [0.15, 0.2) is 0 Å². The van der Waals surface area contributed by atoms with E-state index in [0.29, 0.717) is 41.7 Å². The predicted octanol–water partition coefficient (Wildman–Crippen LogP) is 3.19. The van der Waals surface area contributed by atoms with Crippen LogP contribution in [0, 0.1) is 5.92 Å². The number of hydrogen-bond acceptors (Lipinski definition) is 3. The Morgan fingerprint density at radius 1 is 1.21 bits per heavy atom. The fourth-order valence-electron chi connectivity index (χ4n) is 3.47. The van der Waals surface area contributed by atoms with E-state index in [4.69, 9.17) is 11.6 Å². The molecule has 1 amide bonds. The van der Waals surface area contributed by atoms with E-state index in [0.717, 1.165) is 19.3 Å². The zero-order valence-electron chi connectivity index (χ0n) is 13.6. The fraction of sp³-hybridized carbons (Fsp3) is 0.588. The first-order valence-electron chi connectivity index (χ1n) is 8.55. The van der Waals surface area contributed by atoms with Gasteiger partial charge in [-0.05, 0) is 49.8 Å². The molecule has 1 aromatic carbocycles. The van der Waals surface area contributed by atoms with Gasteiger partial charge in [-0.3, -0.25) is 9.10 Å². The summed E-state index contributed by atoms with van der Waals surface area (Å²) in [6.45, 7) is 1.11. The van der Waals surface area contributed by atoms with E-state index in [1.807, 2.05) is 0 Å². The molecule has 0 atom stereocenters. The van der Waals surface area contributed by atoms with Crippen LogP contribution in [0.3, 0.4) is 0 Å². The second-order valence-corrected chi connectivity index (χ2v) is 9.04. The number of sulfonamides is 1. The van der Waals surface area contributed by atoms with Crippen molar-refractivity contribution in [2.24, 2.45) is 5.92 Å². The SMILES string of the molecule is O=C(NCC1CCCC1)c1cc(N2CCCCS2(=O)=O)ccc1Cl. The third-order valence-corrected chi connectivity index (χ3v) is 7.06. The highest BCUT2D eigenvalue weighted by Crippen LogP contribution is 2.28. The summed E-state index contributed by atoms with van der Waals surface area (Å²) in [6, 6.07) is 4.86. The van der Waals surface area contributed by atoms with E-state index in [9.17, 15) is 13.2 Å². The molecule has 24 heavy (non-hydrogen) atoms. The van der Waals surface area contributed by atoms with Crippen molar-refractivity contribution in [3.63, 3.8) is 0 Å². The maximum Gasteiger partial charge on any atom is 0.252 e. The Labute approximate surface area is 148 Å². The highest BCUT2D eigenvalue weighted by atomic mass is 35.5. The third-order valence-electron chi connectivity index (χ3n) is 4.86. The number of nitrogens with one attached hydrogen (secondary N) is 1. The molecule has 1 aliphatic carbocycles. The molecule has 5 nitrogen and oxygen atoms in total. The summed E-state index contributed by atoms with van der Waals surface area (Å²) >= 11 is 6.17. The van der Waals surface area contributed by atoms with E-state index in [1.54, 1.807) is 18.2 Å². The van der Waals surface area contributed by atoms with E-state index in [2.05, 4.69) is 5.32 Å². The van der Waals surface area contributed by atoms with Gasteiger partial charge < -0.3 is 5.32 Å². The first-order chi connectivity index (χ1) is 11.5. The van der Waals surface area contributed by atoms with Gasteiger partial charge in [0.2, 0.25) is 10.0 Å². The monoisotopic (exact) mass is 370 g/mol. The number of hydrogen-bond donors (Lipinski definition) is 1. The summed E-state index contributed by atoms with van der Waals surface area (Å²) in [5.74, 6) is 0.459. The average Bonchev–Trinajstić information content (AvgIpc) is 3.06.